The van der Waals surface area contributed by atoms with Crippen LogP contribution in [0.15, 0.2) is 6.07 Å². The number of carboxylic acids is 1. The molecule has 1 aromatic rings. The number of aromatic carboxylic acids is 1. The average molecular weight is 263 g/mol. The van der Waals surface area contributed by atoms with Crippen LogP contribution in [-0.2, 0) is 12.8 Å². The fraction of sp³-hybridized carbons (Fsp3) is 0.364. The van der Waals surface area contributed by atoms with Crippen LogP contribution in [0.2, 0.25) is 5.02 Å². The van der Waals surface area contributed by atoms with E-state index < -0.39 is 18.3 Å². The molecule has 0 heterocycles. The smallest absolute Gasteiger partial charge is 0.387 e. The van der Waals surface area contributed by atoms with Gasteiger partial charge in [0, 0.05) is 0 Å². The molecule has 1 aliphatic carbocycles. The molecule has 0 aromatic heterocycles. The molecule has 3 nitrogen and oxygen atoms in total. The predicted octanol–water partition coefficient (Wildman–Crippen LogP) is 3.13. The molecule has 1 aromatic carbocycles. The van der Waals surface area contributed by atoms with E-state index in [0.29, 0.717) is 18.4 Å². The molecular formula is C11H9ClF2O3. The maximum absolute atomic E-state index is 12.2. The summed E-state index contributed by atoms with van der Waals surface area (Å²) in [5.41, 5.74) is 1.12. The van der Waals surface area contributed by atoms with Gasteiger partial charge in [0.05, 0.1) is 5.02 Å². The van der Waals surface area contributed by atoms with Gasteiger partial charge in [0.2, 0.25) is 0 Å². The highest BCUT2D eigenvalue weighted by atomic mass is 35.5. The zero-order chi connectivity index (χ0) is 12.6. The Labute approximate surface area is 101 Å². The molecule has 92 valence electrons. The number of benzene rings is 1. The van der Waals surface area contributed by atoms with Crippen LogP contribution in [0, 0.1) is 0 Å². The van der Waals surface area contributed by atoms with E-state index in [4.69, 9.17) is 16.7 Å². The van der Waals surface area contributed by atoms with Crippen LogP contribution >= 0.6 is 11.6 Å². The zero-order valence-electron chi connectivity index (χ0n) is 8.67. The van der Waals surface area contributed by atoms with Gasteiger partial charge in [-0.3, -0.25) is 0 Å². The SMILES string of the molecule is O=C(O)c1c2c(cc(Cl)c1OC(F)F)CCC2. The summed E-state index contributed by atoms with van der Waals surface area (Å²) < 4.78 is 28.7. The van der Waals surface area contributed by atoms with Crippen molar-refractivity contribution >= 4 is 17.6 Å². The second-order valence-corrected chi connectivity index (χ2v) is 4.14. The Balaban J connectivity index is 2.60. The quantitative estimate of drug-likeness (QED) is 0.910. The van der Waals surface area contributed by atoms with Crippen LogP contribution in [0.3, 0.4) is 0 Å². The van der Waals surface area contributed by atoms with E-state index in [1.54, 1.807) is 0 Å². The molecule has 0 radical (unpaired) electrons. The molecule has 0 saturated carbocycles. The van der Waals surface area contributed by atoms with Crippen LogP contribution in [-0.4, -0.2) is 17.7 Å². The molecule has 17 heavy (non-hydrogen) atoms. The lowest BCUT2D eigenvalue weighted by molar-refractivity contribution is -0.0503. The van der Waals surface area contributed by atoms with Gasteiger partial charge >= 0.3 is 12.6 Å². The third kappa shape index (κ3) is 2.20. The first-order valence-corrected chi connectivity index (χ1v) is 5.41. The fourth-order valence-electron chi connectivity index (χ4n) is 2.12. The number of carbonyl (C=O) groups is 1. The first kappa shape index (κ1) is 12.1. The summed E-state index contributed by atoms with van der Waals surface area (Å²) in [7, 11) is 0. The first-order valence-electron chi connectivity index (χ1n) is 5.03. The number of carboxylic acid groups (broad SMARTS) is 1. The molecule has 2 rings (SSSR count). The van der Waals surface area contributed by atoms with Gasteiger partial charge in [-0.15, -0.1) is 0 Å². The summed E-state index contributed by atoms with van der Waals surface area (Å²) in [6, 6.07) is 1.51. The minimum absolute atomic E-state index is 0.0802. The van der Waals surface area contributed by atoms with Crippen LogP contribution in [0.1, 0.15) is 27.9 Å². The molecule has 0 amide bonds. The highest BCUT2D eigenvalue weighted by Crippen LogP contribution is 2.38. The van der Waals surface area contributed by atoms with E-state index in [0.717, 1.165) is 12.0 Å². The van der Waals surface area contributed by atoms with Gasteiger partial charge in [0.25, 0.3) is 0 Å². The van der Waals surface area contributed by atoms with Crippen LogP contribution in [0.5, 0.6) is 5.75 Å². The van der Waals surface area contributed by atoms with E-state index in [1.807, 2.05) is 0 Å². The van der Waals surface area contributed by atoms with Crippen molar-refractivity contribution in [3.63, 3.8) is 0 Å². The monoisotopic (exact) mass is 262 g/mol. The van der Waals surface area contributed by atoms with E-state index in [2.05, 4.69) is 4.74 Å². The van der Waals surface area contributed by atoms with E-state index in [1.165, 1.54) is 6.07 Å². The maximum atomic E-state index is 12.2. The Kier molecular flexibility index (Phi) is 3.19. The number of hydrogen-bond acceptors (Lipinski definition) is 2. The molecular weight excluding hydrogens is 254 g/mol. The topological polar surface area (TPSA) is 46.5 Å². The van der Waals surface area contributed by atoms with Crippen molar-refractivity contribution in [3.05, 3.63) is 27.8 Å². The van der Waals surface area contributed by atoms with Gasteiger partial charge in [-0.05, 0) is 36.5 Å². The van der Waals surface area contributed by atoms with E-state index in [-0.39, 0.29) is 10.6 Å². The summed E-state index contributed by atoms with van der Waals surface area (Å²) >= 11 is 5.78. The van der Waals surface area contributed by atoms with E-state index >= 15 is 0 Å². The second kappa shape index (κ2) is 4.49. The Morgan fingerprint density at radius 3 is 2.76 bits per heavy atom. The number of ether oxygens (including phenoxy) is 1. The van der Waals surface area contributed by atoms with Gasteiger partial charge in [-0.2, -0.15) is 8.78 Å². The highest BCUT2D eigenvalue weighted by molar-refractivity contribution is 6.32. The Morgan fingerprint density at radius 1 is 1.47 bits per heavy atom. The summed E-state index contributed by atoms with van der Waals surface area (Å²) in [6.07, 6.45) is 2.06. The summed E-state index contributed by atoms with van der Waals surface area (Å²) in [5.74, 6) is -1.73. The van der Waals surface area contributed by atoms with E-state index in [9.17, 15) is 13.6 Å². The minimum Gasteiger partial charge on any atom is -0.478 e. The van der Waals surface area contributed by atoms with Gasteiger partial charge in [-0.25, -0.2) is 4.79 Å². The molecule has 0 fully saturated rings. The lowest BCUT2D eigenvalue weighted by atomic mass is 10.0. The predicted molar refractivity (Wildman–Crippen MR) is 57.1 cm³/mol. The lowest BCUT2D eigenvalue weighted by Gasteiger charge is -2.13. The summed E-state index contributed by atoms with van der Waals surface area (Å²) in [5, 5.41) is 9.00. The number of fused-ring (bicyclic) bond motifs is 1. The number of hydrogen-bond donors (Lipinski definition) is 1. The van der Waals surface area contributed by atoms with Gasteiger partial charge in [0.1, 0.15) is 5.56 Å². The number of halogens is 3. The summed E-state index contributed by atoms with van der Waals surface area (Å²) in [4.78, 5) is 11.1. The van der Waals surface area contributed by atoms with Crippen LogP contribution in [0.25, 0.3) is 0 Å². The minimum atomic E-state index is -3.09. The molecule has 6 heteroatoms. The molecule has 0 unspecified atom stereocenters. The Bertz CT molecular complexity index is 474. The molecule has 0 spiro atoms. The molecule has 1 N–H and O–H groups in total. The molecule has 0 aliphatic heterocycles. The third-order valence-electron chi connectivity index (χ3n) is 2.73. The lowest BCUT2D eigenvalue weighted by Crippen LogP contribution is -2.11. The van der Waals surface area contributed by atoms with Crippen molar-refractivity contribution in [2.45, 2.75) is 25.9 Å². The molecule has 0 saturated heterocycles. The fourth-order valence-corrected chi connectivity index (χ4v) is 2.39. The average Bonchev–Trinajstić information content (AvgIpc) is 2.64. The molecule has 1 aliphatic rings. The largest absolute Gasteiger partial charge is 0.478 e. The van der Waals surface area contributed by atoms with Gasteiger partial charge in [-0.1, -0.05) is 11.6 Å². The highest BCUT2D eigenvalue weighted by Gasteiger charge is 2.27. The van der Waals surface area contributed by atoms with Gasteiger partial charge in [0.15, 0.2) is 5.75 Å². The van der Waals surface area contributed by atoms with Crippen molar-refractivity contribution in [2.24, 2.45) is 0 Å². The number of rotatable bonds is 3. The first-order chi connectivity index (χ1) is 8.00. The van der Waals surface area contributed by atoms with Crippen molar-refractivity contribution < 1.29 is 23.4 Å². The van der Waals surface area contributed by atoms with Crippen molar-refractivity contribution in [2.75, 3.05) is 0 Å². The van der Waals surface area contributed by atoms with Crippen LogP contribution < -0.4 is 4.74 Å². The maximum Gasteiger partial charge on any atom is 0.387 e. The van der Waals surface area contributed by atoms with Crippen LogP contribution in [0.4, 0.5) is 8.78 Å². The van der Waals surface area contributed by atoms with Gasteiger partial charge < -0.3 is 9.84 Å². The normalized spacial score (nSPS) is 13.9. The summed E-state index contributed by atoms with van der Waals surface area (Å²) in [6.45, 7) is -3.09. The number of aryl methyl sites for hydroxylation is 1. The van der Waals surface area contributed by atoms with Crippen molar-refractivity contribution in [1.29, 1.82) is 0 Å². The Hall–Kier alpha value is -1.36. The third-order valence-corrected chi connectivity index (χ3v) is 3.01. The van der Waals surface area contributed by atoms with Crippen molar-refractivity contribution in [3.8, 4) is 5.75 Å². The molecule has 0 atom stereocenters. The second-order valence-electron chi connectivity index (χ2n) is 3.74. The number of alkyl halides is 2. The zero-order valence-corrected chi connectivity index (χ0v) is 9.43. The Morgan fingerprint density at radius 2 is 2.18 bits per heavy atom. The molecule has 0 bridgehead atoms. The standard InChI is InChI=1S/C11H9ClF2O3/c12-7-4-5-2-1-3-6(5)8(10(15)16)9(7)17-11(13)14/h4,11H,1-3H2,(H,15,16). The van der Waals surface area contributed by atoms with Crippen molar-refractivity contribution in [1.82, 2.24) is 0 Å².